The van der Waals surface area contributed by atoms with Crippen LogP contribution in [-0.4, -0.2) is 138 Å². The van der Waals surface area contributed by atoms with Gasteiger partial charge >= 0.3 is 21.6 Å². The number of rotatable bonds is 38. The normalized spacial score (nSPS) is 17.1. The van der Waals surface area contributed by atoms with E-state index in [4.69, 9.17) is 29.8 Å². The second-order valence-electron chi connectivity index (χ2n) is 29.4. The molecule has 0 unspecified atom stereocenters. The quantitative estimate of drug-likeness (QED) is 0.00772. The number of carbonyl (C=O) groups is 8. The Hall–Kier alpha value is -8.36. The van der Waals surface area contributed by atoms with Gasteiger partial charge in [0.2, 0.25) is 23.6 Å². The van der Waals surface area contributed by atoms with Crippen LogP contribution in [0, 0.1) is 45.3 Å². The lowest BCUT2D eigenvalue weighted by Crippen LogP contribution is -2.53. The minimum absolute atomic E-state index is 0.0651. The molecule has 8 N–H and O–H groups in total. The minimum Gasteiger partial charge on any atom is -0.469 e. The molecule has 0 aliphatic heterocycles. The Morgan fingerprint density at radius 1 is 0.486 bits per heavy atom. The number of hydrogen-bond acceptors (Lipinski definition) is 18. The number of Topliss-reactive ketones (excluding diaryl/α,β-unsaturated/α-hetero) is 3. The van der Waals surface area contributed by atoms with Crippen molar-refractivity contribution in [1.82, 2.24) is 41.5 Å². The molecular formula is C81H112N8O18P2. The van der Waals surface area contributed by atoms with E-state index in [9.17, 15) is 67.1 Å². The van der Waals surface area contributed by atoms with Crippen LogP contribution in [0.4, 0.5) is 0 Å². The number of benzene rings is 4. The number of aromatic nitrogens is 2. The number of ketones is 3. The number of phosphoric acid groups is 2. The highest BCUT2D eigenvalue weighted by atomic mass is 31.2. The number of phosphoric ester groups is 2. The molecule has 0 bridgehead atoms. The van der Waals surface area contributed by atoms with E-state index in [2.05, 4.69) is 40.7 Å². The fourth-order valence-electron chi connectivity index (χ4n) is 12.1. The number of nitrogens with one attached hydrogen (secondary N) is 4. The van der Waals surface area contributed by atoms with Gasteiger partial charge in [0.05, 0.1) is 65.1 Å². The van der Waals surface area contributed by atoms with E-state index in [1.54, 1.807) is 181 Å². The van der Waals surface area contributed by atoms with Gasteiger partial charge in [-0.05, 0) is 99.8 Å². The van der Waals surface area contributed by atoms with Crippen molar-refractivity contribution in [3.63, 3.8) is 0 Å². The van der Waals surface area contributed by atoms with E-state index in [1.807, 2.05) is 18.2 Å². The number of esters is 1. The van der Waals surface area contributed by atoms with Crippen LogP contribution in [0.1, 0.15) is 172 Å². The van der Waals surface area contributed by atoms with Crippen LogP contribution in [0.5, 0.6) is 0 Å². The fourth-order valence-corrected chi connectivity index (χ4v) is 12.9. The van der Waals surface area contributed by atoms with Crippen LogP contribution >= 0.6 is 15.6 Å². The first-order chi connectivity index (χ1) is 56.9. The molecule has 0 aliphatic carbocycles. The molecule has 6 aromatic rings. The zero-order valence-electron chi connectivity index (χ0n) is 78.1. The van der Waals surface area contributed by atoms with Crippen LogP contribution in [-0.2, 0) is 91.9 Å². The minimum atomic E-state index is -5.39. The lowest BCUT2D eigenvalue weighted by atomic mass is 9.77. The van der Waals surface area contributed by atoms with Crippen LogP contribution in [0.3, 0.4) is 0 Å². The number of nitrogens with zero attached hydrogens (tertiary/aromatic N) is 4. The van der Waals surface area contributed by atoms with Gasteiger partial charge in [0.15, 0.2) is 18.4 Å². The third-order valence-corrected chi connectivity index (χ3v) is 18.5. The van der Waals surface area contributed by atoms with E-state index in [0.29, 0.717) is 33.6 Å². The summed E-state index contributed by atoms with van der Waals surface area (Å²) in [7, 11) is -13.6. The summed E-state index contributed by atoms with van der Waals surface area (Å²) in [4.78, 5) is 156. The topological polar surface area (TPSA) is 369 Å². The maximum absolute atomic E-state index is 14.6. The average molecular weight is 1560 g/mol. The van der Waals surface area contributed by atoms with E-state index < -0.39 is 200 Å². The van der Waals surface area contributed by atoms with Gasteiger partial charge in [0.1, 0.15) is 5.78 Å². The van der Waals surface area contributed by atoms with E-state index in [0.717, 1.165) is 38.8 Å². The number of pyridine rings is 2. The monoisotopic (exact) mass is 1560 g/mol. The van der Waals surface area contributed by atoms with E-state index >= 15 is 0 Å². The summed E-state index contributed by atoms with van der Waals surface area (Å²) in [6, 6.07) is 37.7. The first kappa shape index (κ1) is 69.8. The maximum atomic E-state index is 14.6. The van der Waals surface area contributed by atoms with Crippen LogP contribution in [0.25, 0.3) is 22.5 Å². The molecule has 594 valence electrons. The number of amides is 4. The zero-order chi connectivity index (χ0) is 93.7. The number of methoxy groups -OCH3 is 1. The molecule has 0 aliphatic rings. The summed E-state index contributed by atoms with van der Waals surface area (Å²) in [5, 5.41) is 7.21. The summed E-state index contributed by atoms with van der Waals surface area (Å²) in [6.45, 7) is -0.0108. The first-order valence-electron chi connectivity index (χ1n) is 42.5. The van der Waals surface area contributed by atoms with Crippen molar-refractivity contribution in [2.24, 2.45) is 45.3 Å². The second kappa shape index (κ2) is 41.6. The van der Waals surface area contributed by atoms with Gasteiger partial charge < -0.3 is 44.5 Å². The third-order valence-electron chi connectivity index (χ3n) is 17.5. The van der Waals surface area contributed by atoms with Gasteiger partial charge in [-0.15, -0.1) is 0 Å². The molecule has 4 amide bonds. The highest BCUT2D eigenvalue weighted by molar-refractivity contribution is 7.46. The molecule has 0 fully saturated rings. The highest BCUT2D eigenvalue weighted by Gasteiger charge is 2.42. The van der Waals surface area contributed by atoms with Gasteiger partial charge in [-0.1, -0.05) is 204 Å². The Bertz CT molecular complexity index is 4590. The molecule has 28 heteroatoms. The molecule has 2 aromatic heterocycles. The molecule has 0 saturated carbocycles. The number of ether oxygens (including phenoxy) is 2. The number of hydrogen-bond donors (Lipinski definition) is 8. The fraction of sp³-hybridized carbons (Fsp3) is 0.481. The maximum Gasteiger partial charge on any atom is 0.471 e. The summed E-state index contributed by atoms with van der Waals surface area (Å²) in [6.07, 6.45) is -2.04. The summed E-state index contributed by atoms with van der Waals surface area (Å²) >= 11 is 0. The van der Waals surface area contributed by atoms with Gasteiger partial charge in [-0.3, -0.25) is 63.4 Å². The SMILES string of the molecule is [2H]C([2H])([2H])C(C)([C@H](NC(C)=O)C(=O)C[C@@H](Cc1ccccc1)[C@H](CN(Cc1ccc(-c2ccccn2)cc1)NC(=O)[C@@H](CC(C)=O)C(C)(C)C)OP(=O)(O)O)C([2H])([2H])[2H].[2H]C([2H])([2H])OC(=O)C[C@H](C(=O)NN(Cc1ccc(-c2ccccn2)cc1)C[C@H](OCOP(=O)(O)O)[C@@H](CC(=O)[C@@H](NC(C)=O)C(C)(C([2H])([2H])[2H])C([2H])([2H])[2H])Cc1ccccc1)C(C)(C)C. The highest BCUT2D eigenvalue weighted by Crippen LogP contribution is 2.42. The standard InChI is InChI=1S/C41H57N4O10P.C40H55N4O8P/c1-28(46)43-38(41(5,6)7)35(47)23-32(22-29-14-10-9-11-15-29)36(54-27-55-56(50,51)52)26-45(44-39(49)33(40(2,3)4)24-37(48)53-8)25-30-17-19-31(20-18-30)34-16-12-13-21-42-34;1-27(45)22-33(39(3,4)5)38(48)43-44(25-30-17-19-31(20-18-30)34-16-12-13-21-41-34)26-36(52-53(49,50)51)32(23-29-14-10-9-11-15-29)24-35(47)37(40(6,7)8)42-28(2)46/h9-21,32-33,36,38H,22-27H2,1-8H3,(H,43,46)(H,44,49)(H2,50,51,52);9-21,32-33,36-37H,22-26H2,1-8H3,(H,42,46)(H,43,48)(H2,49,50,51)/t32-,33-,36+,38-;32-,33-,36+,37-/m11/s1/i5D3,6D3,8D3;6D3,7D3. The molecule has 109 heavy (non-hydrogen) atoms. The summed E-state index contributed by atoms with van der Waals surface area (Å²) < 4.78 is 166. The van der Waals surface area contributed by atoms with Crippen LogP contribution in [0.15, 0.2) is 158 Å². The predicted octanol–water partition coefficient (Wildman–Crippen LogP) is 11.7. The summed E-state index contributed by atoms with van der Waals surface area (Å²) in [5.41, 5.74) is 3.61. The zero-order valence-corrected chi connectivity index (χ0v) is 64.9. The largest absolute Gasteiger partial charge is 0.471 e. The van der Waals surface area contributed by atoms with Crippen LogP contribution in [0.2, 0.25) is 0 Å². The van der Waals surface area contributed by atoms with Crippen molar-refractivity contribution < 1.29 is 106 Å². The smallest absolute Gasteiger partial charge is 0.469 e. The predicted molar refractivity (Wildman–Crippen MR) is 415 cm³/mol. The lowest BCUT2D eigenvalue weighted by Gasteiger charge is -2.36. The molecule has 0 spiro atoms. The third kappa shape index (κ3) is 33.0. The Kier molecular flexibility index (Phi) is 26.6. The molecule has 0 radical (unpaired) electrons. The lowest BCUT2D eigenvalue weighted by molar-refractivity contribution is -0.148. The molecule has 6 rings (SSSR count). The molecule has 8 atom stereocenters. The van der Waals surface area contributed by atoms with Gasteiger partial charge in [-0.25, -0.2) is 19.1 Å². The summed E-state index contributed by atoms with van der Waals surface area (Å²) in [5.74, 6) is -11.0. The Labute approximate surface area is 662 Å². The average Bonchev–Trinajstić information content (AvgIpc) is 0.746. The molecule has 2 heterocycles. The van der Waals surface area contributed by atoms with E-state index in [-0.39, 0.29) is 38.1 Å². The second-order valence-corrected chi connectivity index (χ2v) is 31.9. The number of carbonyl (C=O) groups excluding carboxylic acids is 8. The van der Waals surface area contributed by atoms with Crippen molar-refractivity contribution >= 4 is 62.6 Å². The van der Waals surface area contributed by atoms with Gasteiger partial charge in [0, 0.05) is 99.3 Å². The van der Waals surface area contributed by atoms with Gasteiger partial charge in [-0.2, -0.15) is 0 Å². The molecular weight excluding hydrogens is 1430 g/mol. The van der Waals surface area contributed by atoms with Crippen molar-refractivity contribution in [2.75, 3.05) is 26.9 Å². The van der Waals surface area contributed by atoms with Crippen molar-refractivity contribution in [1.29, 1.82) is 0 Å². The Balaban J connectivity index is 0.000000442. The molecule has 4 aromatic carbocycles. The van der Waals surface area contributed by atoms with Crippen LogP contribution < -0.4 is 21.5 Å². The van der Waals surface area contributed by atoms with Crippen molar-refractivity contribution in [3.05, 3.63) is 180 Å². The van der Waals surface area contributed by atoms with E-state index in [1.165, 1.54) is 16.9 Å². The first-order valence-corrected chi connectivity index (χ1v) is 38.0. The van der Waals surface area contributed by atoms with Gasteiger partial charge in [0.25, 0.3) is 0 Å². The molecule has 0 saturated heterocycles. The Morgan fingerprint density at radius 3 is 1.23 bits per heavy atom. The van der Waals surface area contributed by atoms with Crippen molar-refractivity contribution in [3.8, 4) is 22.5 Å². The van der Waals surface area contributed by atoms with Crippen molar-refractivity contribution in [2.45, 2.75) is 179 Å². The number of hydrazine groups is 2. The molecule has 26 nitrogen and oxygen atoms in total. The Morgan fingerprint density at radius 2 is 0.881 bits per heavy atom.